The average molecular weight is 319 g/mol. The maximum absolute atomic E-state index is 5.43. The highest BCUT2D eigenvalue weighted by molar-refractivity contribution is 5.89. The van der Waals surface area contributed by atoms with Crippen molar-refractivity contribution in [1.29, 1.82) is 0 Å². The second-order valence-electron chi connectivity index (χ2n) is 6.27. The van der Waals surface area contributed by atoms with Gasteiger partial charge in [-0.15, -0.1) is 0 Å². The van der Waals surface area contributed by atoms with E-state index in [1.165, 1.54) is 22.2 Å². The third kappa shape index (κ3) is 2.59. The predicted octanol–water partition coefficient (Wildman–Crippen LogP) is 3.66. The standard InChI is InChI=1S/C20H21N3O/c1-22-10-8-20-18(14-22)17-12-16(24-2)5-6-19(17)23(20)11-7-15-4-3-9-21-13-15/h3-7,9,11-13H,8,10,14H2,1-2H3/b11-7+. The Morgan fingerprint density at radius 2 is 2.17 bits per heavy atom. The summed E-state index contributed by atoms with van der Waals surface area (Å²) in [6.45, 7) is 2.06. The fraction of sp³-hybridized carbons (Fsp3) is 0.250. The van der Waals surface area contributed by atoms with Crippen LogP contribution in [0.5, 0.6) is 5.75 Å². The first-order chi connectivity index (χ1) is 11.8. The lowest BCUT2D eigenvalue weighted by molar-refractivity contribution is 0.312. The lowest BCUT2D eigenvalue weighted by atomic mass is 10.0. The van der Waals surface area contributed by atoms with E-state index in [1.807, 2.05) is 18.3 Å². The molecule has 4 heteroatoms. The molecular weight excluding hydrogens is 298 g/mol. The molecule has 0 N–H and O–H groups in total. The van der Waals surface area contributed by atoms with E-state index in [1.54, 1.807) is 13.3 Å². The molecule has 0 atom stereocenters. The van der Waals surface area contributed by atoms with E-state index in [2.05, 4.69) is 52.0 Å². The smallest absolute Gasteiger partial charge is 0.119 e. The van der Waals surface area contributed by atoms with E-state index in [-0.39, 0.29) is 0 Å². The molecule has 1 aromatic carbocycles. The quantitative estimate of drug-likeness (QED) is 0.738. The van der Waals surface area contributed by atoms with Gasteiger partial charge in [-0.05, 0) is 48.5 Å². The summed E-state index contributed by atoms with van der Waals surface area (Å²) in [5.41, 5.74) is 5.15. The van der Waals surface area contributed by atoms with Crippen LogP contribution in [0.15, 0.2) is 42.7 Å². The summed E-state index contributed by atoms with van der Waals surface area (Å²) in [7, 11) is 3.90. The number of hydrogen-bond donors (Lipinski definition) is 0. The Balaban J connectivity index is 1.87. The molecule has 3 heterocycles. The van der Waals surface area contributed by atoms with Crippen molar-refractivity contribution in [3.8, 4) is 5.75 Å². The van der Waals surface area contributed by atoms with Gasteiger partial charge in [0.2, 0.25) is 0 Å². The van der Waals surface area contributed by atoms with E-state index >= 15 is 0 Å². The number of fused-ring (bicyclic) bond motifs is 3. The van der Waals surface area contributed by atoms with Gasteiger partial charge in [0.15, 0.2) is 0 Å². The number of ether oxygens (including phenoxy) is 1. The number of hydrogen-bond acceptors (Lipinski definition) is 3. The topological polar surface area (TPSA) is 30.3 Å². The molecular formula is C20H21N3O. The summed E-state index contributed by atoms with van der Waals surface area (Å²) in [5, 5.41) is 1.28. The third-order valence-electron chi connectivity index (χ3n) is 4.69. The minimum Gasteiger partial charge on any atom is -0.497 e. The van der Waals surface area contributed by atoms with Gasteiger partial charge >= 0.3 is 0 Å². The number of methoxy groups -OCH3 is 1. The van der Waals surface area contributed by atoms with Gasteiger partial charge in [0.1, 0.15) is 5.75 Å². The maximum Gasteiger partial charge on any atom is 0.119 e. The van der Waals surface area contributed by atoms with Crippen LogP contribution in [0.25, 0.3) is 23.2 Å². The van der Waals surface area contributed by atoms with Crippen LogP contribution >= 0.6 is 0 Å². The largest absolute Gasteiger partial charge is 0.497 e. The third-order valence-corrected chi connectivity index (χ3v) is 4.69. The monoisotopic (exact) mass is 319 g/mol. The summed E-state index contributed by atoms with van der Waals surface area (Å²) >= 11 is 0. The van der Waals surface area contributed by atoms with Gasteiger partial charge in [-0.2, -0.15) is 0 Å². The summed E-state index contributed by atoms with van der Waals surface area (Å²) < 4.78 is 7.75. The van der Waals surface area contributed by atoms with Crippen LogP contribution in [0.1, 0.15) is 16.8 Å². The van der Waals surface area contributed by atoms with Crippen LogP contribution in [0.3, 0.4) is 0 Å². The number of likely N-dealkylation sites (N-methyl/N-ethyl adjacent to an activating group) is 1. The molecule has 0 saturated heterocycles. The van der Waals surface area contributed by atoms with Gasteiger partial charge in [0.25, 0.3) is 0 Å². The second-order valence-corrected chi connectivity index (χ2v) is 6.27. The van der Waals surface area contributed by atoms with Gasteiger partial charge in [0.05, 0.1) is 12.6 Å². The summed E-state index contributed by atoms with van der Waals surface area (Å²) in [5.74, 6) is 0.909. The lowest BCUT2D eigenvalue weighted by Gasteiger charge is -2.23. The Kier molecular flexibility index (Phi) is 3.82. The van der Waals surface area contributed by atoms with Crippen LogP contribution in [-0.2, 0) is 13.0 Å². The zero-order chi connectivity index (χ0) is 16.5. The Morgan fingerprint density at radius 3 is 2.96 bits per heavy atom. The molecule has 4 rings (SSSR count). The number of pyridine rings is 1. The number of aromatic nitrogens is 2. The lowest BCUT2D eigenvalue weighted by Crippen LogP contribution is -2.26. The van der Waals surface area contributed by atoms with Crippen molar-refractivity contribution in [1.82, 2.24) is 14.5 Å². The Hall–Kier alpha value is -2.59. The SMILES string of the molecule is COc1ccc2c(c1)c1c(n2/C=C/c2cccnc2)CCN(C)C1. The van der Waals surface area contributed by atoms with Gasteiger partial charge in [-0.3, -0.25) is 4.98 Å². The van der Waals surface area contributed by atoms with Crippen molar-refractivity contribution < 1.29 is 4.74 Å². The first-order valence-electron chi connectivity index (χ1n) is 8.23. The molecule has 0 radical (unpaired) electrons. The van der Waals surface area contributed by atoms with Crippen molar-refractivity contribution in [3.63, 3.8) is 0 Å². The highest BCUT2D eigenvalue weighted by Crippen LogP contribution is 2.33. The fourth-order valence-electron chi connectivity index (χ4n) is 3.44. The molecule has 122 valence electrons. The van der Waals surface area contributed by atoms with E-state index < -0.39 is 0 Å². The van der Waals surface area contributed by atoms with Gasteiger partial charge in [-0.1, -0.05) is 6.07 Å². The van der Waals surface area contributed by atoms with Crippen molar-refractivity contribution in [2.75, 3.05) is 20.7 Å². The van der Waals surface area contributed by atoms with E-state index in [0.29, 0.717) is 0 Å². The van der Waals surface area contributed by atoms with Gasteiger partial charge in [-0.25, -0.2) is 0 Å². The van der Waals surface area contributed by atoms with Crippen molar-refractivity contribution in [3.05, 3.63) is 59.5 Å². The van der Waals surface area contributed by atoms with Crippen molar-refractivity contribution in [2.45, 2.75) is 13.0 Å². The molecule has 3 aromatic rings. The highest BCUT2D eigenvalue weighted by Gasteiger charge is 2.21. The minimum absolute atomic E-state index is 0.909. The summed E-state index contributed by atoms with van der Waals surface area (Å²) in [4.78, 5) is 6.55. The predicted molar refractivity (Wildman–Crippen MR) is 98.0 cm³/mol. The van der Waals surface area contributed by atoms with Crippen molar-refractivity contribution in [2.24, 2.45) is 0 Å². The average Bonchev–Trinajstić information content (AvgIpc) is 2.93. The van der Waals surface area contributed by atoms with Crippen LogP contribution in [0.2, 0.25) is 0 Å². The van der Waals surface area contributed by atoms with E-state index in [4.69, 9.17) is 4.74 Å². The molecule has 24 heavy (non-hydrogen) atoms. The molecule has 2 aromatic heterocycles. The van der Waals surface area contributed by atoms with Crippen LogP contribution in [-0.4, -0.2) is 35.2 Å². The maximum atomic E-state index is 5.43. The van der Waals surface area contributed by atoms with Crippen LogP contribution in [0, 0.1) is 0 Å². The number of benzene rings is 1. The first kappa shape index (κ1) is 15.0. The zero-order valence-electron chi connectivity index (χ0n) is 14.1. The Morgan fingerprint density at radius 1 is 1.25 bits per heavy atom. The second kappa shape index (κ2) is 6.13. The molecule has 0 bridgehead atoms. The number of rotatable bonds is 3. The van der Waals surface area contributed by atoms with Gasteiger partial charge in [0, 0.05) is 49.2 Å². The number of nitrogens with zero attached hydrogens (tertiary/aromatic N) is 3. The normalized spacial score (nSPS) is 15.1. The Labute approximate surface area is 142 Å². The first-order valence-corrected chi connectivity index (χ1v) is 8.23. The van der Waals surface area contributed by atoms with Crippen molar-refractivity contribution >= 4 is 23.2 Å². The molecule has 0 fully saturated rings. The van der Waals surface area contributed by atoms with Gasteiger partial charge < -0.3 is 14.2 Å². The molecule has 0 unspecified atom stereocenters. The van der Waals surface area contributed by atoms with E-state index in [0.717, 1.165) is 30.8 Å². The molecule has 0 amide bonds. The summed E-state index contributed by atoms with van der Waals surface area (Å²) in [6.07, 6.45) is 9.02. The van der Waals surface area contributed by atoms with Crippen LogP contribution < -0.4 is 4.74 Å². The molecule has 1 aliphatic heterocycles. The minimum atomic E-state index is 0.909. The van der Waals surface area contributed by atoms with Crippen LogP contribution in [0.4, 0.5) is 0 Å². The fourth-order valence-corrected chi connectivity index (χ4v) is 3.44. The molecule has 0 saturated carbocycles. The molecule has 1 aliphatic rings. The molecule has 4 nitrogen and oxygen atoms in total. The zero-order valence-corrected chi connectivity index (χ0v) is 14.1. The highest BCUT2D eigenvalue weighted by atomic mass is 16.5. The van der Waals surface area contributed by atoms with E-state index in [9.17, 15) is 0 Å². The summed E-state index contributed by atoms with van der Waals surface area (Å²) in [6, 6.07) is 10.4. The molecule has 0 aliphatic carbocycles. The Bertz CT molecular complexity index is 896. The molecule has 0 spiro atoms.